The van der Waals surface area contributed by atoms with Crippen LogP contribution in [0.1, 0.15) is 18.4 Å². The minimum Gasteiger partial charge on any atom is -0.497 e. The largest absolute Gasteiger partial charge is 0.497 e. The van der Waals surface area contributed by atoms with Crippen LogP contribution in [0, 0.1) is 0 Å². The molecule has 0 aliphatic carbocycles. The van der Waals surface area contributed by atoms with Crippen molar-refractivity contribution in [1.82, 2.24) is 9.88 Å². The summed E-state index contributed by atoms with van der Waals surface area (Å²) in [6, 6.07) is 5.40. The monoisotopic (exact) mass is 326 g/mol. The summed E-state index contributed by atoms with van der Waals surface area (Å²) in [4.78, 5) is 16.2. The Kier molecular flexibility index (Phi) is 4.06. The fraction of sp³-hybridized carbons (Fsp3) is 0.438. The van der Waals surface area contributed by atoms with Crippen LogP contribution in [-0.4, -0.2) is 35.8 Å². The predicted octanol–water partition coefficient (Wildman–Crippen LogP) is 3.06. The molecule has 0 saturated carbocycles. The van der Waals surface area contributed by atoms with Gasteiger partial charge < -0.3 is 9.72 Å². The van der Waals surface area contributed by atoms with E-state index in [1.54, 1.807) is 24.3 Å². The number of aromatic nitrogens is 1. The van der Waals surface area contributed by atoms with E-state index in [2.05, 4.69) is 4.98 Å². The average molecular weight is 326 g/mol. The lowest BCUT2D eigenvalue weighted by Crippen LogP contribution is -2.41. The van der Waals surface area contributed by atoms with Crippen molar-refractivity contribution in [2.24, 2.45) is 0 Å². The van der Waals surface area contributed by atoms with Crippen molar-refractivity contribution in [3.63, 3.8) is 0 Å². The lowest BCUT2D eigenvalue weighted by Gasteiger charge is -2.26. The summed E-state index contributed by atoms with van der Waals surface area (Å²) in [6.45, 7) is 0.353. The van der Waals surface area contributed by atoms with E-state index in [9.17, 15) is 18.0 Å². The van der Waals surface area contributed by atoms with E-state index in [0.717, 1.165) is 5.39 Å². The third-order valence-electron chi connectivity index (χ3n) is 4.24. The summed E-state index contributed by atoms with van der Waals surface area (Å²) in [5.41, 5.74) is 0.587. The molecule has 124 valence electrons. The number of hydrogen-bond donors (Lipinski definition) is 1. The number of nitrogens with zero attached hydrogens (tertiary/aromatic N) is 1. The van der Waals surface area contributed by atoms with E-state index < -0.39 is 12.2 Å². The molecule has 2 aromatic rings. The average Bonchev–Trinajstić information content (AvgIpc) is 2.96. The number of hydrogen-bond acceptors (Lipinski definition) is 3. The number of aromatic amines is 1. The molecule has 0 spiro atoms. The van der Waals surface area contributed by atoms with E-state index in [4.69, 9.17) is 4.74 Å². The molecule has 2 heterocycles. The first-order valence-electron chi connectivity index (χ1n) is 7.39. The van der Waals surface area contributed by atoms with Gasteiger partial charge in [-0.15, -0.1) is 0 Å². The quantitative estimate of drug-likeness (QED) is 0.943. The summed E-state index contributed by atoms with van der Waals surface area (Å²) in [5, 5.41) is 0.767. The maximum absolute atomic E-state index is 13.0. The Bertz CT molecular complexity index is 770. The minimum absolute atomic E-state index is 0.00147. The Morgan fingerprint density at radius 2 is 2.13 bits per heavy atom. The number of rotatable bonds is 3. The topological polar surface area (TPSA) is 45.3 Å². The molecular formula is C16H17F3N2O2. The Morgan fingerprint density at radius 3 is 2.83 bits per heavy atom. The molecule has 1 aliphatic heterocycles. The molecule has 1 aromatic heterocycles. The molecule has 7 heteroatoms. The molecule has 0 radical (unpaired) electrons. The van der Waals surface area contributed by atoms with Crippen LogP contribution in [-0.2, 0) is 6.54 Å². The highest BCUT2D eigenvalue weighted by molar-refractivity contribution is 5.80. The Hall–Kier alpha value is -2.02. The Labute approximate surface area is 130 Å². The number of benzene rings is 1. The van der Waals surface area contributed by atoms with Crippen LogP contribution in [0.3, 0.4) is 0 Å². The highest BCUT2D eigenvalue weighted by Gasteiger charge is 2.45. The van der Waals surface area contributed by atoms with Gasteiger partial charge in [0.25, 0.3) is 5.56 Å². The third-order valence-corrected chi connectivity index (χ3v) is 4.24. The SMILES string of the molecule is COc1ccc2cc(CN3CCC[C@H]3C(F)(F)F)c(=O)[nH]c2c1. The van der Waals surface area contributed by atoms with Gasteiger partial charge in [0.15, 0.2) is 0 Å². The predicted molar refractivity (Wildman–Crippen MR) is 80.6 cm³/mol. The lowest BCUT2D eigenvalue weighted by molar-refractivity contribution is -0.177. The highest BCUT2D eigenvalue weighted by atomic mass is 19.4. The molecule has 3 rings (SSSR count). The van der Waals surface area contributed by atoms with Crippen LogP contribution < -0.4 is 10.3 Å². The van der Waals surface area contributed by atoms with Gasteiger partial charge >= 0.3 is 6.18 Å². The van der Waals surface area contributed by atoms with Crippen LogP contribution in [0.25, 0.3) is 10.9 Å². The molecule has 0 bridgehead atoms. The molecule has 4 nitrogen and oxygen atoms in total. The zero-order valence-corrected chi connectivity index (χ0v) is 12.6. The van der Waals surface area contributed by atoms with Crippen LogP contribution in [0.5, 0.6) is 5.75 Å². The van der Waals surface area contributed by atoms with Gasteiger partial charge in [0, 0.05) is 18.2 Å². The summed E-state index contributed by atoms with van der Waals surface area (Å²) < 4.78 is 44.1. The first-order valence-corrected chi connectivity index (χ1v) is 7.39. The number of ether oxygens (including phenoxy) is 1. The Morgan fingerprint density at radius 1 is 1.35 bits per heavy atom. The molecule has 1 N–H and O–H groups in total. The second kappa shape index (κ2) is 5.88. The molecule has 0 unspecified atom stereocenters. The third kappa shape index (κ3) is 3.19. The summed E-state index contributed by atoms with van der Waals surface area (Å²) >= 11 is 0. The van der Waals surface area contributed by atoms with Gasteiger partial charge in [-0.05, 0) is 43.0 Å². The molecule has 1 saturated heterocycles. The van der Waals surface area contributed by atoms with Crippen LogP contribution >= 0.6 is 0 Å². The van der Waals surface area contributed by atoms with Gasteiger partial charge in [-0.3, -0.25) is 9.69 Å². The number of alkyl halides is 3. The van der Waals surface area contributed by atoms with Gasteiger partial charge in [-0.25, -0.2) is 0 Å². The second-order valence-electron chi connectivity index (χ2n) is 5.75. The fourth-order valence-corrected chi connectivity index (χ4v) is 3.07. The number of H-pyrrole nitrogens is 1. The smallest absolute Gasteiger partial charge is 0.404 e. The van der Waals surface area contributed by atoms with Crippen molar-refractivity contribution >= 4 is 10.9 Å². The van der Waals surface area contributed by atoms with E-state index in [0.29, 0.717) is 29.8 Å². The summed E-state index contributed by atoms with van der Waals surface area (Å²) in [5.74, 6) is 0.609. The number of fused-ring (bicyclic) bond motifs is 1. The Balaban J connectivity index is 1.91. The van der Waals surface area contributed by atoms with E-state index in [1.165, 1.54) is 12.0 Å². The lowest BCUT2D eigenvalue weighted by atomic mass is 10.1. The molecule has 0 amide bonds. The summed E-state index contributed by atoms with van der Waals surface area (Å²) in [7, 11) is 1.53. The van der Waals surface area contributed by atoms with Crippen molar-refractivity contribution in [1.29, 1.82) is 0 Å². The standard InChI is InChI=1S/C16H17F3N2O2/c1-23-12-5-4-10-7-11(15(22)20-13(10)8-12)9-21-6-2-3-14(21)16(17,18)19/h4-5,7-8,14H,2-3,6,9H2,1H3,(H,20,22)/t14-/m0/s1. The second-order valence-corrected chi connectivity index (χ2v) is 5.75. The normalized spacial score (nSPS) is 19.4. The maximum atomic E-state index is 13.0. The first-order chi connectivity index (χ1) is 10.9. The van der Waals surface area contributed by atoms with Crippen LogP contribution in [0.2, 0.25) is 0 Å². The van der Waals surface area contributed by atoms with Gasteiger partial charge in [-0.2, -0.15) is 13.2 Å². The first kappa shape index (κ1) is 15.9. The van der Waals surface area contributed by atoms with Gasteiger partial charge in [-0.1, -0.05) is 0 Å². The zero-order valence-electron chi connectivity index (χ0n) is 12.6. The zero-order chi connectivity index (χ0) is 16.6. The molecule has 1 fully saturated rings. The molecule has 1 atom stereocenters. The molecule has 23 heavy (non-hydrogen) atoms. The van der Waals surface area contributed by atoms with Crippen molar-refractivity contribution in [2.75, 3.05) is 13.7 Å². The van der Waals surface area contributed by atoms with E-state index >= 15 is 0 Å². The number of pyridine rings is 1. The highest BCUT2D eigenvalue weighted by Crippen LogP contribution is 2.33. The number of halogens is 3. The van der Waals surface area contributed by atoms with Crippen LogP contribution in [0.15, 0.2) is 29.1 Å². The molecule has 1 aliphatic rings. The summed E-state index contributed by atoms with van der Waals surface area (Å²) in [6.07, 6.45) is -3.67. The van der Waals surface area contributed by atoms with Crippen molar-refractivity contribution in [3.8, 4) is 5.75 Å². The van der Waals surface area contributed by atoms with E-state index in [-0.39, 0.29) is 18.5 Å². The minimum atomic E-state index is -4.26. The molecular weight excluding hydrogens is 309 g/mol. The van der Waals surface area contributed by atoms with Gasteiger partial charge in [0.05, 0.1) is 12.6 Å². The van der Waals surface area contributed by atoms with Crippen molar-refractivity contribution in [3.05, 3.63) is 40.2 Å². The van der Waals surface area contributed by atoms with Gasteiger partial charge in [0.1, 0.15) is 11.8 Å². The number of methoxy groups -OCH3 is 1. The molecule has 1 aromatic carbocycles. The van der Waals surface area contributed by atoms with Crippen LogP contribution in [0.4, 0.5) is 13.2 Å². The van der Waals surface area contributed by atoms with E-state index in [1.807, 2.05) is 0 Å². The fourth-order valence-electron chi connectivity index (χ4n) is 3.07. The maximum Gasteiger partial charge on any atom is 0.404 e. The number of nitrogens with one attached hydrogen (secondary N) is 1. The van der Waals surface area contributed by atoms with Crippen molar-refractivity contribution < 1.29 is 17.9 Å². The van der Waals surface area contributed by atoms with Crippen molar-refractivity contribution in [2.45, 2.75) is 31.6 Å². The van der Waals surface area contributed by atoms with Gasteiger partial charge in [0.2, 0.25) is 0 Å². The number of likely N-dealkylation sites (tertiary alicyclic amines) is 1.